The van der Waals surface area contributed by atoms with Crippen LogP contribution in [-0.4, -0.2) is 33.3 Å². The molecule has 8 heteroatoms. The molecule has 0 saturated carbocycles. The fourth-order valence-electron chi connectivity index (χ4n) is 3.00. The van der Waals surface area contributed by atoms with Gasteiger partial charge in [0, 0.05) is 18.1 Å². The molecule has 2 aromatic heterocycles. The average molecular weight is 372 g/mol. The second kappa shape index (κ2) is 7.74. The molecule has 7 nitrogen and oxygen atoms in total. The molecule has 0 amide bonds. The van der Waals surface area contributed by atoms with Crippen LogP contribution in [0.4, 0.5) is 5.82 Å². The van der Waals surface area contributed by atoms with Gasteiger partial charge in [0.1, 0.15) is 5.82 Å². The van der Waals surface area contributed by atoms with Crippen LogP contribution in [0.5, 0.6) is 0 Å². The van der Waals surface area contributed by atoms with E-state index < -0.39 is 11.9 Å². The van der Waals surface area contributed by atoms with E-state index in [0.29, 0.717) is 27.8 Å². The molecule has 0 aromatic carbocycles. The van der Waals surface area contributed by atoms with Gasteiger partial charge in [-0.2, -0.15) is 0 Å². The molecule has 1 aliphatic rings. The SMILES string of the molecule is CCOC(=O)C1=C(C)Nc2nc(SCC)[nH]c(=O)c2[C@@H]1c1ccncc1. The molecule has 0 aliphatic carbocycles. The number of allylic oxidation sites excluding steroid dienone is 1. The molecule has 3 rings (SSSR count). The Kier molecular flexibility index (Phi) is 5.41. The van der Waals surface area contributed by atoms with Crippen molar-refractivity contribution in [3.63, 3.8) is 0 Å². The summed E-state index contributed by atoms with van der Waals surface area (Å²) in [5, 5.41) is 3.65. The van der Waals surface area contributed by atoms with E-state index >= 15 is 0 Å². The number of carbonyl (C=O) groups excluding carboxylic acids is 1. The Hall–Kier alpha value is -2.61. The Morgan fingerprint density at radius 1 is 1.31 bits per heavy atom. The number of H-pyrrole nitrogens is 1. The summed E-state index contributed by atoms with van der Waals surface area (Å²) in [4.78, 5) is 36.8. The molecular formula is C18H20N4O3S. The largest absolute Gasteiger partial charge is 0.463 e. The summed E-state index contributed by atoms with van der Waals surface area (Å²) < 4.78 is 5.23. The Morgan fingerprint density at radius 3 is 2.69 bits per heavy atom. The summed E-state index contributed by atoms with van der Waals surface area (Å²) in [5.41, 5.74) is 1.96. The van der Waals surface area contributed by atoms with Gasteiger partial charge in [-0.3, -0.25) is 9.78 Å². The predicted molar refractivity (Wildman–Crippen MR) is 100 cm³/mol. The molecule has 0 radical (unpaired) electrons. The Labute approximate surface area is 155 Å². The lowest BCUT2D eigenvalue weighted by Gasteiger charge is -2.28. The summed E-state index contributed by atoms with van der Waals surface area (Å²) >= 11 is 1.45. The molecule has 0 bridgehead atoms. The van der Waals surface area contributed by atoms with E-state index in [4.69, 9.17) is 4.74 Å². The molecule has 3 heterocycles. The van der Waals surface area contributed by atoms with Crippen LogP contribution in [0.25, 0.3) is 0 Å². The molecule has 0 saturated heterocycles. The first-order valence-electron chi connectivity index (χ1n) is 8.38. The normalized spacial score (nSPS) is 16.0. The van der Waals surface area contributed by atoms with Crippen molar-refractivity contribution in [1.29, 1.82) is 0 Å². The van der Waals surface area contributed by atoms with E-state index in [2.05, 4.69) is 20.3 Å². The quantitative estimate of drug-likeness (QED) is 0.473. The molecule has 0 spiro atoms. The van der Waals surface area contributed by atoms with E-state index in [1.54, 1.807) is 38.4 Å². The van der Waals surface area contributed by atoms with Gasteiger partial charge in [-0.1, -0.05) is 18.7 Å². The van der Waals surface area contributed by atoms with E-state index in [-0.39, 0.29) is 12.2 Å². The number of esters is 1. The van der Waals surface area contributed by atoms with Crippen LogP contribution >= 0.6 is 11.8 Å². The van der Waals surface area contributed by atoms with Crippen molar-refractivity contribution in [2.75, 3.05) is 17.7 Å². The lowest BCUT2D eigenvalue weighted by molar-refractivity contribution is -0.138. The minimum absolute atomic E-state index is 0.256. The lowest BCUT2D eigenvalue weighted by Crippen LogP contribution is -2.31. The number of pyridine rings is 1. The summed E-state index contributed by atoms with van der Waals surface area (Å²) in [6, 6.07) is 3.58. The fraction of sp³-hybridized carbons (Fsp3) is 0.333. The van der Waals surface area contributed by atoms with Crippen LogP contribution in [-0.2, 0) is 9.53 Å². The van der Waals surface area contributed by atoms with Gasteiger partial charge in [-0.05, 0) is 37.3 Å². The van der Waals surface area contributed by atoms with Gasteiger partial charge in [0.25, 0.3) is 5.56 Å². The second-order valence-corrected chi connectivity index (χ2v) is 6.92. The van der Waals surface area contributed by atoms with Crippen molar-refractivity contribution in [2.24, 2.45) is 0 Å². The topological polar surface area (TPSA) is 97.0 Å². The molecule has 2 aromatic rings. The zero-order chi connectivity index (χ0) is 18.7. The van der Waals surface area contributed by atoms with E-state index in [9.17, 15) is 9.59 Å². The van der Waals surface area contributed by atoms with Crippen molar-refractivity contribution in [3.8, 4) is 0 Å². The van der Waals surface area contributed by atoms with Crippen LogP contribution in [0.1, 0.15) is 37.8 Å². The molecule has 1 aliphatic heterocycles. The molecule has 136 valence electrons. The van der Waals surface area contributed by atoms with E-state index in [1.165, 1.54) is 11.8 Å². The number of hydrogen-bond donors (Lipinski definition) is 2. The van der Waals surface area contributed by atoms with Crippen LogP contribution < -0.4 is 10.9 Å². The van der Waals surface area contributed by atoms with Crippen LogP contribution in [0.3, 0.4) is 0 Å². The summed E-state index contributed by atoms with van der Waals surface area (Å²) in [5.74, 6) is 0.247. The number of aromatic nitrogens is 3. The minimum Gasteiger partial charge on any atom is -0.463 e. The number of hydrogen-bond acceptors (Lipinski definition) is 7. The maximum Gasteiger partial charge on any atom is 0.336 e. The molecule has 2 N–H and O–H groups in total. The fourth-order valence-corrected chi connectivity index (χ4v) is 3.60. The zero-order valence-electron chi connectivity index (χ0n) is 14.8. The van der Waals surface area contributed by atoms with E-state index in [0.717, 1.165) is 11.3 Å². The van der Waals surface area contributed by atoms with E-state index in [1.807, 2.05) is 6.92 Å². The number of fused-ring (bicyclic) bond motifs is 1. The Bertz CT molecular complexity index is 908. The van der Waals surface area contributed by atoms with Crippen molar-refractivity contribution in [3.05, 3.63) is 57.3 Å². The van der Waals surface area contributed by atoms with Crippen LogP contribution in [0, 0.1) is 0 Å². The zero-order valence-corrected chi connectivity index (χ0v) is 15.6. The third kappa shape index (κ3) is 3.37. The van der Waals surface area contributed by atoms with Gasteiger partial charge in [0.15, 0.2) is 5.16 Å². The summed E-state index contributed by atoms with van der Waals surface area (Å²) in [6.45, 7) is 5.79. The highest BCUT2D eigenvalue weighted by molar-refractivity contribution is 7.99. The first-order chi connectivity index (χ1) is 12.6. The highest BCUT2D eigenvalue weighted by Crippen LogP contribution is 2.39. The number of thioether (sulfide) groups is 1. The van der Waals surface area contributed by atoms with Crippen molar-refractivity contribution < 1.29 is 9.53 Å². The number of aromatic amines is 1. The summed E-state index contributed by atoms with van der Waals surface area (Å²) in [7, 11) is 0. The number of nitrogens with zero attached hydrogens (tertiary/aromatic N) is 2. The highest BCUT2D eigenvalue weighted by atomic mass is 32.2. The predicted octanol–water partition coefficient (Wildman–Crippen LogP) is 2.67. The number of rotatable bonds is 5. The van der Waals surface area contributed by atoms with Crippen LogP contribution in [0.15, 0.2) is 45.7 Å². The first kappa shape index (κ1) is 18.2. The first-order valence-corrected chi connectivity index (χ1v) is 9.37. The van der Waals surface area contributed by atoms with Crippen molar-refractivity contribution in [1.82, 2.24) is 15.0 Å². The molecule has 26 heavy (non-hydrogen) atoms. The van der Waals surface area contributed by atoms with Crippen molar-refractivity contribution in [2.45, 2.75) is 31.8 Å². The Balaban J connectivity index is 2.22. The maximum absolute atomic E-state index is 12.8. The molecule has 0 fully saturated rings. The average Bonchev–Trinajstić information content (AvgIpc) is 2.61. The smallest absolute Gasteiger partial charge is 0.336 e. The minimum atomic E-state index is -0.565. The number of ether oxygens (including phenoxy) is 1. The third-order valence-electron chi connectivity index (χ3n) is 4.04. The monoisotopic (exact) mass is 372 g/mol. The van der Waals surface area contributed by atoms with Gasteiger partial charge in [-0.15, -0.1) is 0 Å². The highest BCUT2D eigenvalue weighted by Gasteiger charge is 2.36. The van der Waals surface area contributed by atoms with Crippen LogP contribution in [0.2, 0.25) is 0 Å². The van der Waals surface area contributed by atoms with Gasteiger partial charge in [-0.25, -0.2) is 9.78 Å². The van der Waals surface area contributed by atoms with Crippen molar-refractivity contribution >= 4 is 23.5 Å². The number of anilines is 1. The summed E-state index contributed by atoms with van der Waals surface area (Å²) in [6.07, 6.45) is 3.27. The van der Waals surface area contributed by atoms with Gasteiger partial charge in [0.05, 0.1) is 23.7 Å². The third-order valence-corrected chi connectivity index (χ3v) is 4.79. The van der Waals surface area contributed by atoms with Gasteiger partial charge < -0.3 is 15.0 Å². The number of nitrogens with one attached hydrogen (secondary N) is 2. The molecule has 0 unspecified atom stereocenters. The Morgan fingerprint density at radius 2 is 2.04 bits per heavy atom. The van der Waals surface area contributed by atoms with Gasteiger partial charge >= 0.3 is 5.97 Å². The molecule has 1 atom stereocenters. The van der Waals surface area contributed by atoms with Gasteiger partial charge in [0.2, 0.25) is 0 Å². The second-order valence-electron chi connectivity index (χ2n) is 5.66. The standard InChI is InChI=1S/C18H20N4O3S/c1-4-25-17(24)12-10(3)20-15-14(13(12)11-6-8-19-9-7-11)16(23)22-18(21-15)26-5-2/h6-9,13H,4-5H2,1-3H3,(H2,20,21,22,23)/t13-/m1/s1. The maximum atomic E-state index is 12.8. The molecular weight excluding hydrogens is 352 g/mol. The lowest BCUT2D eigenvalue weighted by atomic mass is 9.83. The number of carbonyl (C=O) groups is 1.